The number of nitrogens with two attached hydrogens (primary N) is 1. The van der Waals surface area contributed by atoms with Crippen molar-refractivity contribution < 1.29 is 13.2 Å². The molecule has 2 rings (SSSR count). The standard InChI is InChI=1S/C12H21N5O3S/c1-8(2)10-9(13)11(15-14-10)12(18)16-4-6-17(7-5-16)21(3,19)20/h8H,4-7,13H2,1-3H3,(H,14,15). The third kappa shape index (κ3) is 3.18. The molecule has 0 bridgehead atoms. The van der Waals surface area contributed by atoms with Crippen LogP contribution in [0.15, 0.2) is 0 Å². The normalized spacial score (nSPS) is 17.4. The lowest BCUT2D eigenvalue weighted by molar-refractivity contribution is 0.0693. The van der Waals surface area contributed by atoms with Gasteiger partial charge in [0.25, 0.3) is 5.91 Å². The number of sulfonamides is 1. The predicted octanol–water partition coefficient (Wildman–Crippen LogP) is -0.167. The summed E-state index contributed by atoms with van der Waals surface area (Å²) in [6, 6.07) is 0. The maximum Gasteiger partial charge on any atom is 0.276 e. The molecule has 1 saturated heterocycles. The number of aromatic nitrogens is 2. The molecule has 1 aliphatic heterocycles. The second-order valence-corrected chi connectivity index (χ2v) is 7.49. The fourth-order valence-electron chi connectivity index (χ4n) is 2.34. The number of rotatable bonds is 3. The van der Waals surface area contributed by atoms with Crippen LogP contribution in [-0.4, -0.2) is 66.2 Å². The van der Waals surface area contributed by atoms with Crippen LogP contribution in [0.1, 0.15) is 35.9 Å². The number of amides is 1. The van der Waals surface area contributed by atoms with Crippen molar-refractivity contribution in [3.8, 4) is 0 Å². The molecule has 8 nitrogen and oxygen atoms in total. The van der Waals surface area contributed by atoms with Crippen molar-refractivity contribution in [1.29, 1.82) is 0 Å². The van der Waals surface area contributed by atoms with Crippen molar-refractivity contribution in [1.82, 2.24) is 19.4 Å². The first-order valence-corrected chi connectivity index (χ1v) is 8.64. The summed E-state index contributed by atoms with van der Waals surface area (Å²) in [6.07, 6.45) is 1.17. The van der Waals surface area contributed by atoms with Crippen molar-refractivity contribution in [2.75, 3.05) is 38.2 Å². The van der Waals surface area contributed by atoms with Gasteiger partial charge in [0.2, 0.25) is 10.0 Å². The molecule has 1 fully saturated rings. The van der Waals surface area contributed by atoms with Gasteiger partial charge in [0.05, 0.1) is 17.6 Å². The van der Waals surface area contributed by atoms with Gasteiger partial charge in [-0.15, -0.1) is 0 Å². The molecular weight excluding hydrogens is 294 g/mol. The predicted molar refractivity (Wildman–Crippen MR) is 79.4 cm³/mol. The number of piperazine rings is 1. The molecule has 118 valence electrons. The summed E-state index contributed by atoms with van der Waals surface area (Å²) in [5, 5.41) is 6.80. The van der Waals surface area contributed by atoms with Crippen LogP contribution in [0.4, 0.5) is 5.69 Å². The minimum atomic E-state index is -3.21. The zero-order valence-electron chi connectivity index (χ0n) is 12.5. The van der Waals surface area contributed by atoms with E-state index in [1.54, 1.807) is 4.90 Å². The van der Waals surface area contributed by atoms with E-state index in [4.69, 9.17) is 5.73 Å². The van der Waals surface area contributed by atoms with E-state index in [0.717, 1.165) is 5.69 Å². The van der Waals surface area contributed by atoms with Crippen molar-refractivity contribution in [2.24, 2.45) is 0 Å². The van der Waals surface area contributed by atoms with Crippen LogP contribution < -0.4 is 5.73 Å². The first-order chi connectivity index (χ1) is 9.71. The molecule has 21 heavy (non-hydrogen) atoms. The lowest BCUT2D eigenvalue weighted by Crippen LogP contribution is -2.50. The van der Waals surface area contributed by atoms with E-state index in [2.05, 4.69) is 10.2 Å². The Bertz CT molecular complexity index is 629. The minimum Gasteiger partial charge on any atom is -0.395 e. The van der Waals surface area contributed by atoms with E-state index in [9.17, 15) is 13.2 Å². The number of anilines is 1. The first kappa shape index (κ1) is 15.8. The van der Waals surface area contributed by atoms with Crippen molar-refractivity contribution >= 4 is 21.6 Å². The second-order valence-electron chi connectivity index (χ2n) is 5.51. The Balaban J connectivity index is 2.09. The van der Waals surface area contributed by atoms with Crippen LogP contribution in [0, 0.1) is 0 Å². The average molecular weight is 315 g/mol. The molecule has 0 saturated carbocycles. The Morgan fingerprint density at radius 1 is 1.29 bits per heavy atom. The molecule has 1 aromatic heterocycles. The van der Waals surface area contributed by atoms with Crippen LogP contribution in [0.2, 0.25) is 0 Å². The fourth-order valence-corrected chi connectivity index (χ4v) is 3.17. The maximum absolute atomic E-state index is 12.4. The third-order valence-electron chi connectivity index (χ3n) is 3.61. The summed E-state index contributed by atoms with van der Waals surface area (Å²) >= 11 is 0. The molecule has 0 unspecified atom stereocenters. The minimum absolute atomic E-state index is 0.154. The second kappa shape index (κ2) is 5.64. The Morgan fingerprint density at radius 2 is 1.86 bits per heavy atom. The molecule has 9 heteroatoms. The number of hydrogen-bond donors (Lipinski definition) is 2. The largest absolute Gasteiger partial charge is 0.395 e. The smallest absolute Gasteiger partial charge is 0.276 e. The van der Waals surface area contributed by atoms with E-state index in [1.807, 2.05) is 13.8 Å². The van der Waals surface area contributed by atoms with Gasteiger partial charge in [-0.25, -0.2) is 8.42 Å². The SMILES string of the molecule is CC(C)c1[nH]nc(C(=O)N2CCN(S(C)(=O)=O)CC2)c1N. The van der Waals surface area contributed by atoms with Crippen LogP contribution in [0.5, 0.6) is 0 Å². The highest BCUT2D eigenvalue weighted by Crippen LogP contribution is 2.23. The first-order valence-electron chi connectivity index (χ1n) is 6.80. The van der Waals surface area contributed by atoms with Gasteiger partial charge in [-0.05, 0) is 5.92 Å². The fraction of sp³-hybridized carbons (Fsp3) is 0.667. The van der Waals surface area contributed by atoms with Gasteiger partial charge in [-0.1, -0.05) is 13.8 Å². The quantitative estimate of drug-likeness (QED) is 0.804. The summed E-state index contributed by atoms with van der Waals surface area (Å²) in [5.41, 5.74) is 7.29. The number of nitrogens with one attached hydrogen (secondary N) is 1. The molecule has 0 radical (unpaired) electrons. The van der Waals surface area contributed by atoms with Crippen LogP contribution in [0.25, 0.3) is 0 Å². The lowest BCUT2D eigenvalue weighted by atomic mass is 10.1. The third-order valence-corrected chi connectivity index (χ3v) is 4.91. The summed E-state index contributed by atoms with van der Waals surface area (Å²) in [6.45, 7) is 5.20. The maximum atomic E-state index is 12.4. The Hall–Kier alpha value is -1.61. The van der Waals surface area contributed by atoms with Crippen LogP contribution in [0.3, 0.4) is 0 Å². The van der Waals surface area contributed by atoms with Gasteiger partial charge in [0.15, 0.2) is 5.69 Å². The average Bonchev–Trinajstić information content (AvgIpc) is 2.79. The van der Waals surface area contributed by atoms with Gasteiger partial charge >= 0.3 is 0 Å². The number of hydrogen-bond acceptors (Lipinski definition) is 5. The molecule has 0 aliphatic carbocycles. The summed E-state index contributed by atoms with van der Waals surface area (Å²) in [5.74, 6) is -0.107. The van der Waals surface area contributed by atoms with Gasteiger partial charge in [0, 0.05) is 26.2 Å². The molecule has 1 amide bonds. The van der Waals surface area contributed by atoms with E-state index in [-0.39, 0.29) is 17.5 Å². The van der Waals surface area contributed by atoms with Gasteiger partial charge in [0.1, 0.15) is 0 Å². The van der Waals surface area contributed by atoms with Crippen molar-refractivity contribution in [3.05, 3.63) is 11.4 Å². The topological polar surface area (TPSA) is 112 Å². The van der Waals surface area contributed by atoms with Crippen molar-refractivity contribution in [2.45, 2.75) is 19.8 Å². The lowest BCUT2D eigenvalue weighted by Gasteiger charge is -2.32. The molecule has 1 aliphatic rings. The number of carbonyl (C=O) groups is 1. The highest BCUT2D eigenvalue weighted by Gasteiger charge is 2.29. The molecule has 0 aromatic carbocycles. The van der Waals surface area contributed by atoms with Gasteiger partial charge < -0.3 is 10.6 Å². The van der Waals surface area contributed by atoms with Crippen LogP contribution in [-0.2, 0) is 10.0 Å². The van der Waals surface area contributed by atoms with Crippen LogP contribution >= 0.6 is 0 Å². The number of H-pyrrole nitrogens is 1. The molecule has 2 heterocycles. The molecule has 0 spiro atoms. The molecular formula is C12H21N5O3S. The molecule has 0 atom stereocenters. The monoisotopic (exact) mass is 315 g/mol. The summed E-state index contributed by atoms with van der Waals surface area (Å²) < 4.78 is 24.3. The number of nitrogens with zero attached hydrogens (tertiary/aromatic N) is 3. The van der Waals surface area contributed by atoms with E-state index >= 15 is 0 Å². The Labute approximate surface area is 124 Å². The zero-order chi connectivity index (χ0) is 15.8. The van der Waals surface area contributed by atoms with E-state index in [1.165, 1.54) is 10.6 Å². The highest BCUT2D eigenvalue weighted by molar-refractivity contribution is 7.88. The summed E-state index contributed by atoms with van der Waals surface area (Å²) in [7, 11) is -3.21. The highest BCUT2D eigenvalue weighted by atomic mass is 32.2. The number of nitrogen functional groups attached to an aromatic ring is 1. The van der Waals surface area contributed by atoms with Crippen molar-refractivity contribution in [3.63, 3.8) is 0 Å². The zero-order valence-corrected chi connectivity index (χ0v) is 13.3. The van der Waals surface area contributed by atoms with E-state index < -0.39 is 10.0 Å². The Kier molecular flexibility index (Phi) is 4.24. The van der Waals surface area contributed by atoms with Gasteiger partial charge in [-0.2, -0.15) is 9.40 Å². The van der Waals surface area contributed by atoms with E-state index in [0.29, 0.717) is 31.9 Å². The molecule has 1 aromatic rings. The number of aromatic amines is 1. The van der Waals surface area contributed by atoms with Gasteiger partial charge in [-0.3, -0.25) is 9.89 Å². The number of carbonyl (C=O) groups excluding carboxylic acids is 1. The Morgan fingerprint density at radius 3 is 2.29 bits per heavy atom. The summed E-state index contributed by atoms with van der Waals surface area (Å²) in [4.78, 5) is 14.0. The molecule has 3 N–H and O–H groups in total.